The van der Waals surface area contributed by atoms with E-state index in [-0.39, 0.29) is 5.69 Å². The second-order valence-electron chi connectivity index (χ2n) is 5.40. The van der Waals surface area contributed by atoms with Crippen molar-refractivity contribution in [3.8, 4) is 5.69 Å². The van der Waals surface area contributed by atoms with Crippen LogP contribution in [0.2, 0.25) is 0 Å². The average Bonchev–Trinajstić information content (AvgIpc) is 2.77. The Bertz CT molecular complexity index is 670. The van der Waals surface area contributed by atoms with Crippen molar-refractivity contribution in [3.05, 3.63) is 45.3 Å². The molecule has 0 atom stereocenters. The Hall–Kier alpha value is -2.28. The fourth-order valence-corrected chi connectivity index (χ4v) is 2.04. The first-order valence-electron chi connectivity index (χ1n) is 6.18. The number of nitrogens with two attached hydrogens (primary N) is 1. The molecule has 0 aliphatic heterocycles. The van der Waals surface area contributed by atoms with Gasteiger partial charge in [-0.05, 0) is 33.3 Å². The maximum absolute atomic E-state index is 11.0. The molecule has 2 rings (SSSR count). The molecular formula is C13H17N5O2. The van der Waals surface area contributed by atoms with E-state index in [1.54, 1.807) is 23.9 Å². The van der Waals surface area contributed by atoms with Gasteiger partial charge in [-0.2, -0.15) is 0 Å². The molecule has 0 aliphatic carbocycles. The number of benzene rings is 1. The maximum atomic E-state index is 11.0. The summed E-state index contributed by atoms with van der Waals surface area (Å²) in [7, 11) is 0. The quantitative estimate of drug-likeness (QED) is 0.682. The lowest BCUT2D eigenvalue weighted by Crippen LogP contribution is -2.29. The molecule has 0 bridgehead atoms. The van der Waals surface area contributed by atoms with Crippen LogP contribution in [0.4, 0.5) is 5.69 Å². The van der Waals surface area contributed by atoms with Crippen molar-refractivity contribution in [1.29, 1.82) is 0 Å². The first kappa shape index (κ1) is 14.1. The molecule has 0 spiro atoms. The third-order valence-electron chi connectivity index (χ3n) is 3.18. The number of nitro benzene ring substituents is 1. The van der Waals surface area contributed by atoms with E-state index in [4.69, 9.17) is 5.73 Å². The second-order valence-corrected chi connectivity index (χ2v) is 5.40. The van der Waals surface area contributed by atoms with Gasteiger partial charge < -0.3 is 5.73 Å². The standard InChI is InChI=1S/C13H17N5O2/c1-8-5-6-10(18(19)20)9(2)12(8)17-7-11(15-16-17)13(3,4)14/h5-7H,14H2,1-4H3. The van der Waals surface area contributed by atoms with Gasteiger partial charge in [-0.25, -0.2) is 4.68 Å². The minimum Gasteiger partial charge on any atom is -0.320 e. The molecule has 7 heteroatoms. The van der Waals surface area contributed by atoms with Gasteiger partial charge in [-0.1, -0.05) is 11.3 Å². The van der Waals surface area contributed by atoms with E-state index in [1.165, 1.54) is 6.07 Å². The van der Waals surface area contributed by atoms with Gasteiger partial charge in [0.25, 0.3) is 5.69 Å². The number of aromatic nitrogens is 3. The molecule has 1 aromatic carbocycles. The van der Waals surface area contributed by atoms with Crippen LogP contribution in [0.3, 0.4) is 0 Å². The average molecular weight is 275 g/mol. The molecule has 1 aromatic heterocycles. The maximum Gasteiger partial charge on any atom is 0.274 e. The lowest BCUT2D eigenvalue weighted by atomic mass is 10.0. The molecule has 20 heavy (non-hydrogen) atoms. The number of rotatable bonds is 3. The SMILES string of the molecule is Cc1ccc([N+](=O)[O-])c(C)c1-n1cc(C(C)(C)N)nn1. The smallest absolute Gasteiger partial charge is 0.274 e. The first-order valence-corrected chi connectivity index (χ1v) is 6.18. The predicted molar refractivity (Wildman–Crippen MR) is 74.7 cm³/mol. The number of aryl methyl sites for hydroxylation is 1. The van der Waals surface area contributed by atoms with Crippen LogP contribution in [0.5, 0.6) is 0 Å². The highest BCUT2D eigenvalue weighted by Gasteiger charge is 2.22. The molecule has 2 N–H and O–H groups in total. The minimum atomic E-state index is -0.610. The monoisotopic (exact) mass is 275 g/mol. The number of nitro groups is 1. The molecular weight excluding hydrogens is 258 g/mol. The van der Waals surface area contributed by atoms with Crippen LogP contribution in [0.25, 0.3) is 5.69 Å². The van der Waals surface area contributed by atoms with Crippen molar-refractivity contribution in [2.75, 3.05) is 0 Å². The van der Waals surface area contributed by atoms with E-state index in [9.17, 15) is 10.1 Å². The number of hydrogen-bond donors (Lipinski definition) is 1. The largest absolute Gasteiger partial charge is 0.320 e. The summed E-state index contributed by atoms with van der Waals surface area (Å²) in [5.41, 5.74) is 8.17. The molecule has 0 saturated carbocycles. The second kappa shape index (κ2) is 4.68. The van der Waals surface area contributed by atoms with Crippen molar-refractivity contribution < 1.29 is 4.92 Å². The minimum absolute atomic E-state index is 0.0645. The molecule has 0 unspecified atom stereocenters. The molecule has 0 radical (unpaired) electrons. The number of nitrogens with zero attached hydrogens (tertiary/aromatic N) is 4. The summed E-state index contributed by atoms with van der Waals surface area (Å²) in [5, 5.41) is 19.1. The molecule has 0 fully saturated rings. The summed E-state index contributed by atoms with van der Waals surface area (Å²) < 4.78 is 1.54. The fraction of sp³-hybridized carbons (Fsp3) is 0.385. The van der Waals surface area contributed by atoms with Gasteiger partial charge >= 0.3 is 0 Å². The normalized spacial score (nSPS) is 11.7. The van der Waals surface area contributed by atoms with E-state index in [2.05, 4.69) is 10.3 Å². The Morgan fingerprint density at radius 3 is 2.50 bits per heavy atom. The van der Waals surface area contributed by atoms with Crippen LogP contribution in [0.1, 0.15) is 30.7 Å². The van der Waals surface area contributed by atoms with E-state index < -0.39 is 10.5 Å². The summed E-state index contributed by atoms with van der Waals surface area (Å²) >= 11 is 0. The number of hydrogen-bond acceptors (Lipinski definition) is 5. The molecule has 106 valence electrons. The van der Waals surface area contributed by atoms with Gasteiger partial charge in [0, 0.05) is 6.07 Å². The molecule has 7 nitrogen and oxygen atoms in total. The van der Waals surface area contributed by atoms with Crippen molar-refractivity contribution in [2.45, 2.75) is 33.2 Å². The van der Waals surface area contributed by atoms with Crippen LogP contribution in [0.15, 0.2) is 18.3 Å². The lowest BCUT2D eigenvalue weighted by Gasteiger charge is -2.13. The Balaban J connectivity index is 2.61. The van der Waals surface area contributed by atoms with Gasteiger partial charge in [0.05, 0.1) is 27.9 Å². The van der Waals surface area contributed by atoms with Gasteiger partial charge in [0.2, 0.25) is 0 Å². The van der Waals surface area contributed by atoms with E-state index >= 15 is 0 Å². The zero-order chi connectivity index (χ0) is 15.1. The van der Waals surface area contributed by atoms with Gasteiger partial charge in [-0.15, -0.1) is 5.10 Å². The van der Waals surface area contributed by atoms with Gasteiger partial charge in [0.1, 0.15) is 5.69 Å². The summed E-state index contributed by atoms with van der Waals surface area (Å²) in [4.78, 5) is 10.6. The third-order valence-corrected chi connectivity index (χ3v) is 3.18. The summed E-state index contributed by atoms with van der Waals surface area (Å²) in [5.74, 6) is 0. The Morgan fingerprint density at radius 1 is 1.35 bits per heavy atom. The highest BCUT2D eigenvalue weighted by atomic mass is 16.6. The fourth-order valence-electron chi connectivity index (χ4n) is 2.04. The summed E-state index contributed by atoms with van der Waals surface area (Å²) in [6.07, 6.45) is 1.71. The Labute approximate surface area is 116 Å². The summed E-state index contributed by atoms with van der Waals surface area (Å²) in [6.45, 7) is 7.24. The third kappa shape index (κ3) is 2.39. The van der Waals surface area contributed by atoms with E-state index in [0.29, 0.717) is 16.9 Å². The topological polar surface area (TPSA) is 99.9 Å². The van der Waals surface area contributed by atoms with Crippen molar-refractivity contribution in [3.63, 3.8) is 0 Å². The molecule has 0 saturated heterocycles. The van der Waals surface area contributed by atoms with Crippen LogP contribution < -0.4 is 5.73 Å². The van der Waals surface area contributed by atoms with Crippen molar-refractivity contribution >= 4 is 5.69 Å². The van der Waals surface area contributed by atoms with Crippen LogP contribution >= 0.6 is 0 Å². The highest BCUT2D eigenvalue weighted by molar-refractivity contribution is 5.56. The molecule has 0 aliphatic rings. The van der Waals surface area contributed by atoms with E-state index in [0.717, 1.165) is 5.56 Å². The molecule has 2 aromatic rings. The van der Waals surface area contributed by atoms with Crippen molar-refractivity contribution in [2.24, 2.45) is 5.73 Å². The highest BCUT2D eigenvalue weighted by Crippen LogP contribution is 2.27. The van der Waals surface area contributed by atoms with Crippen LogP contribution in [-0.4, -0.2) is 19.9 Å². The summed E-state index contributed by atoms with van der Waals surface area (Å²) in [6, 6.07) is 3.20. The van der Waals surface area contributed by atoms with Crippen LogP contribution in [-0.2, 0) is 5.54 Å². The zero-order valence-electron chi connectivity index (χ0n) is 11.9. The molecule has 0 amide bonds. The molecule has 1 heterocycles. The van der Waals surface area contributed by atoms with Gasteiger partial charge in [0.15, 0.2) is 0 Å². The Morgan fingerprint density at radius 2 is 2.00 bits per heavy atom. The zero-order valence-corrected chi connectivity index (χ0v) is 11.9. The Kier molecular flexibility index (Phi) is 3.31. The van der Waals surface area contributed by atoms with Crippen LogP contribution in [0, 0.1) is 24.0 Å². The predicted octanol–water partition coefficient (Wildman–Crippen LogP) is 1.99. The van der Waals surface area contributed by atoms with E-state index in [1.807, 2.05) is 20.8 Å². The van der Waals surface area contributed by atoms with Gasteiger partial charge in [-0.3, -0.25) is 10.1 Å². The first-order chi connectivity index (χ1) is 9.21. The lowest BCUT2D eigenvalue weighted by molar-refractivity contribution is -0.385. The van der Waals surface area contributed by atoms with Crippen molar-refractivity contribution in [1.82, 2.24) is 15.0 Å².